The first kappa shape index (κ1) is 30.3. The van der Waals surface area contributed by atoms with E-state index in [0.717, 1.165) is 63.7 Å². The van der Waals surface area contributed by atoms with Gasteiger partial charge in [-0.1, -0.05) is 52.2 Å². The maximum atomic E-state index is 12.3. The summed E-state index contributed by atoms with van der Waals surface area (Å²) in [5, 5.41) is 11.2. The van der Waals surface area contributed by atoms with E-state index in [1.54, 1.807) is 0 Å². The van der Waals surface area contributed by atoms with Crippen molar-refractivity contribution < 1.29 is 28.8 Å². The Morgan fingerprint density at radius 2 is 1.97 bits per heavy atom. The molecule has 1 saturated carbocycles. The van der Waals surface area contributed by atoms with Gasteiger partial charge >= 0.3 is 5.97 Å². The third-order valence-corrected chi connectivity index (χ3v) is 9.38. The van der Waals surface area contributed by atoms with Crippen molar-refractivity contribution in [1.29, 1.82) is 0 Å². The molecule has 1 aromatic carbocycles. The molecule has 220 valence electrons. The largest absolute Gasteiger partial charge is 0.482 e. The van der Waals surface area contributed by atoms with Gasteiger partial charge in [-0.2, -0.15) is 0 Å². The summed E-state index contributed by atoms with van der Waals surface area (Å²) in [6.45, 7) is 8.97. The number of aliphatic hydroxyl groups is 1. The Kier molecular flexibility index (Phi) is 11.5. The van der Waals surface area contributed by atoms with Gasteiger partial charge in [-0.15, -0.1) is 0 Å². The van der Waals surface area contributed by atoms with Gasteiger partial charge in [0.25, 0.3) is 0 Å². The number of carbonyl (C=O) groups excluding carboxylic acids is 1. The first-order chi connectivity index (χ1) is 18.9. The van der Waals surface area contributed by atoms with Crippen LogP contribution in [0.25, 0.3) is 0 Å². The molecule has 3 unspecified atom stereocenters. The lowest BCUT2D eigenvalue weighted by molar-refractivity contribution is -0.191. The summed E-state index contributed by atoms with van der Waals surface area (Å²) in [4.78, 5) is 12.3. The Balaban J connectivity index is 1.35. The molecule has 0 radical (unpaired) electrons. The average molecular weight is 545 g/mol. The van der Waals surface area contributed by atoms with E-state index in [0.29, 0.717) is 17.8 Å². The fraction of sp³-hybridized carbons (Fsp3) is 0.788. The van der Waals surface area contributed by atoms with Gasteiger partial charge in [0.05, 0.1) is 12.2 Å². The van der Waals surface area contributed by atoms with Crippen molar-refractivity contribution in [3.05, 3.63) is 29.3 Å². The molecule has 4 rings (SSSR count). The van der Waals surface area contributed by atoms with Crippen molar-refractivity contribution in [2.24, 2.45) is 23.7 Å². The summed E-state index contributed by atoms with van der Waals surface area (Å²) in [5.41, 5.74) is 2.50. The number of aliphatic hydroxyl groups excluding tert-OH is 1. The maximum Gasteiger partial charge on any atom is 0.344 e. The van der Waals surface area contributed by atoms with Gasteiger partial charge in [0.2, 0.25) is 0 Å². The Morgan fingerprint density at radius 1 is 1.13 bits per heavy atom. The van der Waals surface area contributed by atoms with Gasteiger partial charge in [0.15, 0.2) is 12.9 Å². The predicted octanol–water partition coefficient (Wildman–Crippen LogP) is 6.64. The summed E-state index contributed by atoms with van der Waals surface area (Å²) in [6.07, 6.45) is 12.4. The van der Waals surface area contributed by atoms with Crippen LogP contribution in [-0.2, 0) is 31.8 Å². The van der Waals surface area contributed by atoms with Gasteiger partial charge in [0.1, 0.15) is 11.9 Å². The van der Waals surface area contributed by atoms with Crippen molar-refractivity contribution in [3.8, 4) is 5.75 Å². The SMILES string of the molecule is CCCCC[C@H](CCC1[C@H](O)C[C@@H]2Cc3c(cccc3OCC(=O)OC(C)C(C)C)C[C@H]12)OC1CCCCO1. The predicted molar refractivity (Wildman–Crippen MR) is 153 cm³/mol. The lowest BCUT2D eigenvalue weighted by Gasteiger charge is -2.33. The molecule has 2 aliphatic carbocycles. The number of hydrogen-bond acceptors (Lipinski definition) is 6. The second-order valence-corrected chi connectivity index (χ2v) is 12.5. The zero-order valence-corrected chi connectivity index (χ0v) is 24.7. The molecule has 6 heteroatoms. The molecular formula is C33H52O6. The molecule has 7 atom stereocenters. The molecule has 0 aromatic heterocycles. The number of ether oxygens (including phenoxy) is 4. The number of rotatable bonds is 14. The van der Waals surface area contributed by atoms with Crippen LogP contribution in [0.1, 0.15) is 103 Å². The number of benzene rings is 1. The Hall–Kier alpha value is -1.63. The minimum atomic E-state index is -0.326. The van der Waals surface area contributed by atoms with Crippen LogP contribution in [0.15, 0.2) is 18.2 Å². The molecule has 0 spiro atoms. The van der Waals surface area contributed by atoms with Crippen LogP contribution in [0.5, 0.6) is 5.75 Å². The van der Waals surface area contributed by atoms with Crippen LogP contribution < -0.4 is 4.74 Å². The van der Waals surface area contributed by atoms with Crippen LogP contribution in [-0.4, -0.2) is 48.9 Å². The highest BCUT2D eigenvalue weighted by Crippen LogP contribution is 2.48. The molecule has 39 heavy (non-hydrogen) atoms. The second-order valence-electron chi connectivity index (χ2n) is 12.5. The Morgan fingerprint density at radius 3 is 2.72 bits per heavy atom. The number of hydrogen-bond donors (Lipinski definition) is 1. The topological polar surface area (TPSA) is 74.2 Å². The molecule has 3 aliphatic rings. The zero-order chi connectivity index (χ0) is 27.8. The van der Waals surface area contributed by atoms with E-state index in [-0.39, 0.29) is 43.1 Å². The van der Waals surface area contributed by atoms with Gasteiger partial charge in [-0.05, 0) is 106 Å². The van der Waals surface area contributed by atoms with E-state index in [4.69, 9.17) is 18.9 Å². The summed E-state index contributed by atoms with van der Waals surface area (Å²) in [6, 6.07) is 6.18. The molecule has 1 saturated heterocycles. The van der Waals surface area contributed by atoms with Crippen LogP contribution in [0.3, 0.4) is 0 Å². The van der Waals surface area contributed by atoms with Crippen molar-refractivity contribution in [1.82, 2.24) is 0 Å². The summed E-state index contributed by atoms with van der Waals surface area (Å²) in [5.74, 6) is 1.95. The molecule has 1 N–H and O–H groups in total. The fourth-order valence-electron chi connectivity index (χ4n) is 6.77. The monoisotopic (exact) mass is 544 g/mol. The minimum absolute atomic E-state index is 0.0579. The quantitative estimate of drug-likeness (QED) is 0.209. The first-order valence-corrected chi connectivity index (χ1v) is 15.7. The van der Waals surface area contributed by atoms with Crippen molar-refractivity contribution in [2.75, 3.05) is 13.2 Å². The highest BCUT2D eigenvalue weighted by Gasteiger charge is 2.45. The first-order valence-electron chi connectivity index (χ1n) is 15.7. The third-order valence-electron chi connectivity index (χ3n) is 9.38. The van der Waals surface area contributed by atoms with Crippen LogP contribution in [0.4, 0.5) is 0 Å². The van der Waals surface area contributed by atoms with Crippen LogP contribution in [0, 0.1) is 23.7 Å². The van der Waals surface area contributed by atoms with Crippen molar-refractivity contribution in [3.63, 3.8) is 0 Å². The smallest absolute Gasteiger partial charge is 0.344 e. The van der Waals surface area contributed by atoms with E-state index in [1.807, 2.05) is 32.9 Å². The summed E-state index contributed by atoms with van der Waals surface area (Å²) < 4.78 is 23.8. The van der Waals surface area contributed by atoms with Crippen molar-refractivity contribution in [2.45, 2.75) is 129 Å². The summed E-state index contributed by atoms with van der Waals surface area (Å²) >= 11 is 0. The molecular weight excluding hydrogens is 492 g/mol. The van der Waals surface area contributed by atoms with E-state index < -0.39 is 0 Å². The van der Waals surface area contributed by atoms with Gasteiger partial charge in [-0.3, -0.25) is 0 Å². The van der Waals surface area contributed by atoms with E-state index >= 15 is 0 Å². The standard InChI is InChI=1S/C33H52O6/c1-5-6-7-12-26(39-33-14-8-9-17-36-33)15-16-27-28-18-24-11-10-13-31(29(24)19-25(28)20-30(27)34)37-21-32(35)38-23(4)22(2)3/h10-11,13,22-23,25-28,30,33-34H,5-9,12,14-21H2,1-4H3/t23?,25-,26+,27?,28-,30+,33?/m0/s1. The second kappa shape index (κ2) is 14.8. The molecule has 1 aromatic rings. The maximum absolute atomic E-state index is 12.3. The molecule has 2 fully saturated rings. The summed E-state index contributed by atoms with van der Waals surface area (Å²) in [7, 11) is 0. The Labute approximate surface area is 236 Å². The minimum Gasteiger partial charge on any atom is -0.482 e. The lowest BCUT2D eigenvalue weighted by atomic mass is 9.73. The molecule has 6 nitrogen and oxygen atoms in total. The van der Waals surface area contributed by atoms with E-state index in [9.17, 15) is 9.90 Å². The molecule has 0 bridgehead atoms. The highest BCUT2D eigenvalue weighted by atomic mass is 16.7. The number of unbranched alkanes of at least 4 members (excludes halogenated alkanes) is 2. The van der Waals surface area contributed by atoms with Crippen LogP contribution in [0.2, 0.25) is 0 Å². The van der Waals surface area contributed by atoms with Crippen molar-refractivity contribution >= 4 is 5.97 Å². The van der Waals surface area contributed by atoms with E-state index in [1.165, 1.54) is 36.8 Å². The normalized spacial score (nSPS) is 28.0. The number of fused-ring (bicyclic) bond motifs is 2. The van der Waals surface area contributed by atoms with Gasteiger partial charge in [0, 0.05) is 6.61 Å². The number of carbonyl (C=O) groups is 1. The zero-order valence-electron chi connectivity index (χ0n) is 24.7. The average Bonchev–Trinajstić information content (AvgIpc) is 3.23. The lowest BCUT2D eigenvalue weighted by Crippen LogP contribution is -2.31. The Bertz CT molecular complexity index is 894. The molecule has 0 amide bonds. The third kappa shape index (κ3) is 8.43. The molecule has 1 aliphatic heterocycles. The van der Waals surface area contributed by atoms with Gasteiger partial charge < -0.3 is 24.1 Å². The van der Waals surface area contributed by atoms with E-state index in [2.05, 4.69) is 13.0 Å². The number of esters is 1. The van der Waals surface area contributed by atoms with Gasteiger partial charge in [-0.25, -0.2) is 4.79 Å². The highest BCUT2D eigenvalue weighted by molar-refractivity contribution is 5.71. The fourth-order valence-corrected chi connectivity index (χ4v) is 6.77. The molecule has 1 heterocycles. The van der Waals surface area contributed by atoms with Crippen LogP contribution >= 0.6 is 0 Å².